The van der Waals surface area contributed by atoms with Crippen LogP contribution in [0.3, 0.4) is 0 Å². The Balaban J connectivity index is 2.23. The summed E-state index contributed by atoms with van der Waals surface area (Å²) in [5.41, 5.74) is 1.62. The second-order valence-electron chi connectivity index (χ2n) is 6.22. The van der Waals surface area contributed by atoms with Crippen molar-refractivity contribution in [3.8, 4) is 0 Å². The molecule has 5 heteroatoms. The summed E-state index contributed by atoms with van der Waals surface area (Å²) < 4.78 is 15.9. The first kappa shape index (κ1) is 16.0. The van der Waals surface area contributed by atoms with Crippen LogP contribution >= 0.6 is 11.6 Å². The topological polar surface area (TPSA) is 29.9 Å². The summed E-state index contributed by atoms with van der Waals surface area (Å²) in [5.74, 6) is 0.613. The van der Waals surface area contributed by atoms with Gasteiger partial charge in [0.05, 0.1) is 12.2 Å². The Morgan fingerprint density at radius 1 is 1.33 bits per heavy atom. The zero-order valence-corrected chi connectivity index (χ0v) is 13.6. The van der Waals surface area contributed by atoms with E-state index in [0.717, 1.165) is 11.5 Å². The summed E-state index contributed by atoms with van der Waals surface area (Å²) in [6, 6.07) is 4.62. The van der Waals surface area contributed by atoms with Gasteiger partial charge in [0.2, 0.25) is 0 Å². The van der Waals surface area contributed by atoms with E-state index in [1.54, 1.807) is 12.1 Å². The molecule has 1 heterocycles. The summed E-state index contributed by atoms with van der Waals surface area (Å²) in [7, 11) is 0. The molecule has 0 aliphatic carbocycles. The lowest BCUT2D eigenvalue weighted by Crippen LogP contribution is -2.35. The largest absolute Gasteiger partial charge is 0.326 e. The minimum Gasteiger partial charge on any atom is -0.326 e. The van der Waals surface area contributed by atoms with Gasteiger partial charge < -0.3 is 9.88 Å². The van der Waals surface area contributed by atoms with Crippen molar-refractivity contribution in [2.24, 2.45) is 0 Å². The second kappa shape index (κ2) is 6.16. The van der Waals surface area contributed by atoms with Gasteiger partial charge in [0.1, 0.15) is 11.6 Å². The van der Waals surface area contributed by atoms with Crippen molar-refractivity contribution in [2.75, 3.05) is 0 Å². The summed E-state index contributed by atoms with van der Waals surface area (Å²) in [6.07, 6.45) is 1.83. The molecule has 0 aliphatic rings. The lowest BCUT2D eigenvalue weighted by Gasteiger charge is -2.21. The van der Waals surface area contributed by atoms with Crippen molar-refractivity contribution < 1.29 is 4.39 Å². The van der Waals surface area contributed by atoms with E-state index in [1.807, 2.05) is 17.7 Å². The van der Waals surface area contributed by atoms with Crippen molar-refractivity contribution in [2.45, 2.75) is 46.3 Å². The highest BCUT2D eigenvalue weighted by molar-refractivity contribution is 6.30. The Bertz CT molecular complexity index is 629. The third-order valence-electron chi connectivity index (χ3n) is 3.27. The monoisotopic (exact) mass is 309 g/mol. The minimum absolute atomic E-state index is 0.0182. The SMILES string of the molecule is Cc1ncc(CNC(C)(C)C)n1Cc1cc(Cl)ccc1F. The van der Waals surface area contributed by atoms with Crippen LogP contribution in [0.5, 0.6) is 0 Å². The third-order valence-corrected chi connectivity index (χ3v) is 3.51. The van der Waals surface area contributed by atoms with Crippen molar-refractivity contribution in [3.05, 3.63) is 52.3 Å². The average Bonchev–Trinajstić information content (AvgIpc) is 2.72. The fourth-order valence-corrected chi connectivity index (χ4v) is 2.26. The predicted molar refractivity (Wildman–Crippen MR) is 84.1 cm³/mol. The van der Waals surface area contributed by atoms with E-state index in [4.69, 9.17) is 11.6 Å². The van der Waals surface area contributed by atoms with Crippen molar-refractivity contribution in [1.29, 1.82) is 0 Å². The normalized spacial score (nSPS) is 11.9. The molecule has 0 aliphatic heterocycles. The zero-order valence-electron chi connectivity index (χ0n) is 12.9. The van der Waals surface area contributed by atoms with Crippen molar-refractivity contribution >= 4 is 11.6 Å². The molecule has 1 N–H and O–H groups in total. The zero-order chi connectivity index (χ0) is 15.6. The molecule has 0 fully saturated rings. The van der Waals surface area contributed by atoms with E-state index in [1.165, 1.54) is 6.07 Å². The summed E-state index contributed by atoms with van der Waals surface area (Å²) >= 11 is 5.95. The first-order valence-corrected chi connectivity index (χ1v) is 7.34. The van der Waals surface area contributed by atoms with Crippen LogP contribution in [0.2, 0.25) is 5.02 Å². The lowest BCUT2D eigenvalue weighted by atomic mass is 10.1. The molecule has 0 radical (unpaired) electrons. The van der Waals surface area contributed by atoms with Crippen LogP contribution < -0.4 is 5.32 Å². The van der Waals surface area contributed by atoms with E-state index in [2.05, 4.69) is 31.1 Å². The van der Waals surface area contributed by atoms with Crippen molar-refractivity contribution in [1.82, 2.24) is 14.9 Å². The van der Waals surface area contributed by atoms with Crippen LogP contribution in [0, 0.1) is 12.7 Å². The number of aryl methyl sites for hydroxylation is 1. The van der Waals surface area contributed by atoms with Gasteiger partial charge in [0.25, 0.3) is 0 Å². The van der Waals surface area contributed by atoms with Crippen LogP contribution in [0.4, 0.5) is 4.39 Å². The molecule has 3 nitrogen and oxygen atoms in total. The fourth-order valence-electron chi connectivity index (χ4n) is 2.06. The highest BCUT2D eigenvalue weighted by Gasteiger charge is 2.13. The number of halogens is 2. The van der Waals surface area contributed by atoms with E-state index >= 15 is 0 Å². The first-order valence-electron chi connectivity index (χ1n) is 6.96. The Hall–Kier alpha value is -1.39. The summed E-state index contributed by atoms with van der Waals surface area (Å²) in [6.45, 7) is 9.36. The number of hydrogen-bond donors (Lipinski definition) is 1. The van der Waals surface area contributed by atoms with E-state index in [0.29, 0.717) is 23.7 Å². The molecule has 0 saturated carbocycles. The molecule has 0 bridgehead atoms. The first-order chi connectivity index (χ1) is 9.76. The number of benzene rings is 1. The lowest BCUT2D eigenvalue weighted by molar-refractivity contribution is 0.416. The number of nitrogens with one attached hydrogen (secondary N) is 1. The number of rotatable bonds is 4. The molecule has 114 valence electrons. The van der Waals surface area contributed by atoms with Gasteiger partial charge in [0.15, 0.2) is 0 Å². The van der Waals surface area contributed by atoms with Crippen LogP contribution in [-0.4, -0.2) is 15.1 Å². The highest BCUT2D eigenvalue weighted by atomic mass is 35.5. The predicted octanol–water partition coefficient (Wildman–Crippen LogP) is 3.92. The highest BCUT2D eigenvalue weighted by Crippen LogP contribution is 2.18. The van der Waals surface area contributed by atoms with Crippen LogP contribution in [-0.2, 0) is 13.1 Å². The molecule has 1 aromatic carbocycles. The molecular formula is C16H21ClFN3. The molecule has 21 heavy (non-hydrogen) atoms. The smallest absolute Gasteiger partial charge is 0.128 e. The van der Waals surface area contributed by atoms with Crippen LogP contribution in [0.25, 0.3) is 0 Å². The summed E-state index contributed by atoms with van der Waals surface area (Å²) in [5, 5.41) is 3.96. The molecule has 1 aromatic heterocycles. The average molecular weight is 310 g/mol. The van der Waals surface area contributed by atoms with Crippen molar-refractivity contribution in [3.63, 3.8) is 0 Å². The van der Waals surface area contributed by atoms with Gasteiger partial charge >= 0.3 is 0 Å². The molecule has 2 rings (SSSR count). The molecule has 0 saturated heterocycles. The Kier molecular flexibility index (Phi) is 4.69. The minimum atomic E-state index is -0.248. The van der Waals surface area contributed by atoms with Gasteiger partial charge in [-0.15, -0.1) is 0 Å². The van der Waals surface area contributed by atoms with Gasteiger partial charge in [-0.05, 0) is 45.9 Å². The van der Waals surface area contributed by atoms with Gasteiger partial charge in [-0.2, -0.15) is 0 Å². The molecular weight excluding hydrogens is 289 g/mol. The standard InChI is InChI=1S/C16H21ClFN3/c1-11-19-8-14(9-20-16(2,3)4)21(11)10-12-7-13(17)5-6-15(12)18/h5-8,20H,9-10H2,1-4H3. The Morgan fingerprint density at radius 3 is 2.71 bits per heavy atom. The molecule has 0 amide bonds. The fraction of sp³-hybridized carbons (Fsp3) is 0.438. The maximum Gasteiger partial charge on any atom is 0.128 e. The van der Waals surface area contributed by atoms with E-state index < -0.39 is 0 Å². The summed E-state index contributed by atoms with van der Waals surface area (Å²) in [4.78, 5) is 4.33. The number of hydrogen-bond acceptors (Lipinski definition) is 2. The Labute approximate surface area is 130 Å². The number of imidazole rings is 1. The van der Waals surface area contributed by atoms with Gasteiger partial charge in [-0.25, -0.2) is 9.37 Å². The van der Waals surface area contributed by atoms with Crippen LogP contribution in [0.1, 0.15) is 37.9 Å². The van der Waals surface area contributed by atoms with E-state index in [9.17, 15) is 4.39 Å². The van der Waals surface area contributed by atoms with Gasteiger partial charge in [0, 0.05) is 28.9 Å². The quantitative estimate of drug-likeness (QED) is 0.927. The van der Waals surface area contributed by atoms with Gasteiger partial charge in [-0.3, -0.25) is 0 Å². The number of nitrogens with zero attached hydrogens (tertiary/aromatic N) is 2. The van der Waals surface area contributed by atoms with E-state index in [-0.39, 0.29) is 11.4 Å². The second-order valence-corrected chi connectivity index (χ2v) is 6.66. The third kappa shape index (κ3) is 4.29. The Morgan fingerprint density at radius 2 is 2.05 bits per heavy atom. The molecule has 0 spiro atoms. The van der Waals surface area contributed by atoms with Gasteiger partial charge in [-0.1, -0.05) is 11.6 Å². The van der Waals surface area contributed by atoms with Crippen LogP contribution in [0.15, 0.2) is 24.4 Å². The maximum atomic E-state index is 13.9. The number of aromatic nitrogens is 2. The molecule has 2 aromatic rings. The molecule has 0 unspecified atom stereocenters. The maximum absolute atomic E-state index is 13.9. The molecule has 0 atom stereocenters.